The van der Waals surface area contributed by atoms with Gasteiger partial charge >= 0.3 is 0 Å². The first-order chi connectivity index (χ1) is 11.4. The number of aromatic nitrogens is 3. The lowest BCUT2D eigenvalue weighted by atomic mass is 10.00. The van der Waals surface area contributed by atoms with Gasteiger partial charge in [-0.1, -0.05) is 18.2 Å². The summed E-state index contributed by atoms with van der Waals surface area (Å²) in [6, 6.07) is 10.6. The van der Waals surface area contributed by atoms with Crippen molar-refractivity contribution in [2.45, 2.75) is 6.04 Å². The average molecular weight is 306 g/mol. The van der Waals surface area contributed by atoms with Gasteiger partial charge in [0.05, 0.1) is 36.7 Å². The third-order valence-corrected chi connectivity index (χ3v) is 4.22. The Kier molecular flexibility index (Phi) is 3.96. The minimum Gasteiger partial charge on any atom is -0.379 e. The molecule has 0 bridgehead atoms. The van der Waals surface area contributed by atoms with E-state index in [1.54, 1.807) is 12.4 Å². The van der Waals surface area contributed by atoms with E-state index in [0.29, 0.717) is 0 Å². The molecule has 4 rings (SSSR count). The van der Waals surface area contributed by atoms with Crippen molar-refractivity contribution < 1.29 is 4.74 Å². The fourth-order valence-electron chi connectivity index (χ4n) is 3.11. The maximum absolute atomic E-state index is 5.50. The van der Waals surface area contributed by atoms with Crippen LogP contribution in [-0.2, 0) is 4.74 Å². The smallest absolute Gasteiger partial charge is 0.0803 e. The number of ether oxygens (including phenoxy) is 1. The standard InChI is InChI=1S/C18H18N4O/c1-2-14-3-4-15(12-16(14)20-5-1)18(17-13-19-6-7-21-17)22-8-10-23-11-9-22/h1-7,12-13,18H,8-11H2. The number of hydrogen-bond donors (Lipinski definition) is 0. The predicted molar refractivity (Wildman–Crippen MR) is 88.0 cm³/mol. The second kappa shape index (κ2) is 6.40. The third-order valence-electron chi connectivity index (χ3n) is 4.22. The van der Waals surface area contributed by atoms with E-state index in [0.717, 1.165) is 42.9 Å². The lowest BCUT2D eigenvalue weighted by molar-refractivity contribution is 0.0232. The summed E-state index contributed by atoms with van der Waals surface area (Å²) in [5, 5.41) is 1.15. The third kappa shape index (κ3) is 2.93. The fraction of sp³-hybridized carbons (Fsp3) is 0.278. The zero-order valence-corrected chi connectivity index (χ0v) is 12.8. The van der Waals surface area contributed by atoms with Gasteiger partial charge in [0, 0.05) is 37.1 Å². The molecule has 1 unspecified atom stereocenters. The predicted octanol–water partition coefficient (Wildman–Crippen LogP) is 2.45. The van der Waals surface area contributed by atoms with Crippen molar-refractivity contribution in [3.63, 3.8) is 0 Å². The Morgan fingerprint density at radius 1 is 1.00 bits per heavy atom. The first-order valence-corrected chi connectivity index (χ1v) is 7.84. The van der Waals surface area contributed by atoms with Crippen LogP contribution in [0, 0.1) is 0 Å². The lowest BCUT2D eigenvalue weighted by Gasteiger charge is -2.34. The Morgan fingerprint density at radius 2 is 1.91 bits per heavy atom. The molecule has 0 amide bonds. The van der Waals surface area contributed by atoms with E-state index in [4.69, 9.17) is 4.74 Å². The Bertz CT molecular complexity index is 787. The molecule has 1 saturated heterocycles. The molecule has 0 aliphatic carbocycles. The molecule has 23 heavy (non-hydrogen) atoms. The Labute approximate surface area is 135 Å². The van der Waals surface area contributed by atoms with Crippen LogP contribution in [0.1, 0.15) is 17.3 Å². The average Bonchev–Trinajstić information content (AvgIpc) is 2.64. The number of benzene rings is 1. The van der Waals surface area contributed by atoms with Crippen LogP contribution in [-0.4, -0.2) is 46.2 Å². The molecule has 1 fully saturated rings. The minimum absolute atomic E-state index is 0.0824. The zero-order chi connectivity index (χ0) is 15.5. The fourth-order valence-corrected chi connectivity index (χ4v) is 3.11. The molecule has 0 radical (unpaired) electrons. The summed E-state index contributed by atoms with van der Waals surface area (Å²) in [4.78, 5) is 15.7. The van der Waals surface area contributed by atoms with Crippen LogP contribution in [0.5, 0.6) is 0 Å². The molecule has 1 atom stereocenters. The van der Waals surface area contributed by atoms with Crippen molar-refractivity contribution >= 4 is 10.9 Å². The van der Waals surface area contributed by atoms with Crippen molar-refractivity contribution in [1.82, 2.24) is 19.9 Å². The van der Waals surface area contributed by atoms with Crippen molar-refractivity contribution in [2.24, 2.45) is 0 Å². The highest BCUT2D eigenvalue weighted by Crippen LogP contribution is 2.29. The van der Waals surface area contributed by atoms with Crippen molar-refractivity contribution in [3.05, 3.63) is 66.4 Å². The molecule has 116 valence electrons. The van der Waals surface area contributed by atoms with Crippen LogP contribution in [0.3, 0.4) is 0 Å². The first kappa shape index (κ1) is 14.2. The highest BCUT2D eigenvalue weighted by molar-refractivity contribution is 5.79. The highest BCUT2D eigenvalue weighted by Gasteiger charge is 2.25. The Balaban J connectivity index is 1.79. The monoisotopic (exact) mass is 306 g/mol. The second-order valence-electron chi connectivity index (χ2n) is 5.64. The molecular formula is C18H18N4O. The topological polar surface area (TPSA) is 51.1 Å². The second-order valence-corrected chi connectivity index (χ2v) is 5.64. The Morgan fingerprint density at radius 3 is 2.74 bits per heavy atom. The van der Waals surface area contributed by atoms with Crippen molar-refractivity contribution in [2.75, 3.05) is 26.3 Å². The van der Waals surface area contributed by atoms with Crippen molar-refractivity contribution in [1.29, 1.82) is 0 Å². The highest BCUT2D eigenvalue weighted by atomic mass is 16.5. The molecule has 0 saturated carbocycles. The van der Waals surface area contributed by atoms with Gasteiger partial charge in [-0.25, -0.2) is 0 Å². The van der Waals surface area contributed by atoms with Gasteiger partial charge in [-0.3, -0.25) is 19.9 Å². The summed E-state index contributed by atoms with van der Waals surface area (Å²) in [6.45, 7) is 3.29. The molecule has 1 aliphatic heterocycles. The van der Waals surface area contributed by atoms with Gasteiger partial charge in [-0.2, -0.15) is 0 Å². The molecule has 5 nitrogen and oxygen atoms in total. The van der Waals surface area contributed by atoms with Gasteiger partial charge in [-0.05, 0) is 17.7 Å². The molecular weight excluding hydrogens is 288 g/mol. The van der Waals surface area contributed by atoms with E-state index in [-0.39, 0.29) is 6.04 Å². The largest absolute Gasteiger partial charge is 0.379 e. The molecule has 1 aliphatic rings. The van der Waals surface area contributed by atoms with Gasteiger partial charge in [0.15, 0.2) is 0 Å². The van der Waals surface area contributed by atoms with Crippen molar-refractivity contribution in [3.8, 4) is 0 Å². The molecule has 0 spiro atoms. The minimum atomic E-state index is 0.0824. The van der Waals surface area contributed by atoms with Crippen LogP contribution >= 0.6 is 0 Å². The normalized spacial score (nSPS) is 17.2. The summed E-state index contributed by atoms with van der Waals surface area (Å²) in [5.74, 6) is 0. The molecule has 3 aromatic rings. The van der Waals surface area contributed by atoms with Gasteiger partial charge in [0.2, 0.25) is 0 Å². The molecule has 1 aromatic carbocycles. The number of hydrogen-bond acceptors (Lipinski definition) is 5. The van der Waals surface area contributed by atoms with Gasteiger partial charge in [-0.15, -0.1) is 0 Å². The Hall–Kier alpha value is -2.37. The van der Waals surface area contributed by atoms with Gasteiger partial charge in [0.1, 0.15) is 0 Å². The number of fused-ring (bicyclic) bond motifs is 1. The van der Waals surface area contributed by atoms with Gasteiger partial charge < -0.3 is 4.74 Å². The van der Waals surface area contributed by atoms with Crippen LogP contribution in [0.25, 0.3) is 10.9 Å². The maximum atomic E-state index is 5.50. The number of morpholine rings is 1. The summed E-state index contributed by atoms with van der Waals surface area (Å²) in [7, 11) is 0. The SMILES string of the molecule is c1cnc2cc(C(c3cnccn3)N3CCOCC3)ccc2c1. The van der Waals surface area contributed by atoms with E-state index < -0.39 is 0 Å². The number of nitrogens with zero attached hydrogens (tertiary/aromatic N) is 4. The first-order valence-electron chi connectivity index (χ1n) is 7.84. The molecule has 3 heterocycles. The molecule has 0 N–H and O–H groups in total. The zero-order valence-electron chi connectivity index (χ0n) is 12.8. The maximum Gasteiger partial charge on any atom is 0.0803 e. The molecule has 2 aromatic heterocycles. The van der Waals surface area contributed by atoms with Crippen LogP contribution in [0.2, 0.25) is 0 Å². The van der Waals surface area contributed by atoms with Crippen LogP contribution in [0.4, 0.5) is 0 Å². The van der Waals surface area contributed by atoms with Gasteiger partial charge in [0.25, 0.3) is 0 Å². The van der Waals surface area contributed by atoms with E-state index in [2.05, 4.69) is 44.1 Å². The van der Waals surface area contributed by atoms with E-state index in [1.807, 2.05) is 18.5 Å². The van der Waals surface area contributed by atoms with E-state index >= 15 is 0 Å². The number of rotatable bonds is 3. The van der Waals surface area contributed by atoms with Crippen LogP contribution in [0.15, 0.2) is 55.1 Å². The summed E-state index contributed by atoms with van der Waals surface area (Å²) >= 11 is 0. The van der Waals surface area contributed by atoms with E-state index in [9.17, 15) is 0 Å². The molecule has 5 heteroatoms. The quantitative estimate of drug-likeness (QED) is 0.744. The van der Waals surface area contributed by atoms with E-state index in [1.165, 1.54) is 5.56 Å². The summed E-state index contributed by atoms with van der Waals surface area (Å²) in [5.41, 5.74) is 3.16. The number of pyridine rings is 1. The summed E-state index contributed by atoms with van der Waals surface area (Å²) < 4.78 is 5.50. The summed E-state index contributed by atoms with van der Waals surface area (Å²) in [6.07, 6.45) is 7.14. The lowest BCUT2D eigenvalue weighted by Crippen LogP contribution is -2.39. The van der Waals surface area contributed by atoms with Crippen LogP contribution < -0.4 is 0 Å².